The number of amides is 1. The summed E-state index contributed by atoms with van der Waals surface area (Å²) in [4.78, 5) is 34.0. The van der Waals surface area contributed by atoms with E-state index in [0.717, 1.165) is 46.3 Å². The molecule has 1 atom stereocenters. The molecule has 2 aromatic heterocycles. The molecule has 5 nitrogen and oxygen atoms in total. The Balaban J connectivity index is 1.55. The van der Waals surface area contributed by atoms with Crippen LogP contribution in [0.4, 0.5) is 5.69 Å². The number of carbonyl (C=O) groups is 1. The van der Waals surface area contributed by atoms with Gasteiger partial charge in [0.1, 0.15) is 10.1 Å². The molecular weight excluding hydrogens is 462 g/mol. The molecule has 0 fully saturated rings. The first kappa shape index (κ1) is 22.9. The van der Waals surface area contributed by atoms with Crippen molar-refractivity contribution in [3.63, 3.8) is 0 Å². The minimum absolute atomic E-state index is 0.0140. The van der Waals surface area contributed by atoms with Crippen LogP contribution in [0, 0.1) is 6.92 Å². The van der Waals surface area contributed by atoms with Crippen molar-refractivity contribution in [2.45, 2.75) is 56.5 Å². The third-order valence-electron chi connectivity index (χ3n) is 6.24. The van der Waals surface area contributed by atoms with Gasteiger partial charge in [-0.1, -0.05) is 59.8 Å². The summed E-state index contributed by atoms with van der Waals surface area (Å²) < 4.78 is 1.73. The number of thioether (sulfide) groups is 1. The molecule has 1 unspecified atom stereocenters. The van der Waals surface area contributed by atoms with E-state index >= 15 is 0 Å². The minimum atomic E-state index is -0.542. The Morgan fingerprint density at radius 3 is 2.59 bits per heavy atom. The molecule has 1 N–H and O–H groups in total. The fourth-order valence-corrected chi connectivity index (χ4v) is 6.90. The summed E-state index contributed by atoms with van der Waals surface area (Å²) in [5.74, 6) is -0.137. The fraction of sp³-hybridized carbons (Fsp3) is 0.296. The molecule has 1 aliphatic carbocycles. The number of aryl methyl sites for hydroxylation is 3. The zero-order chi connectivity index (χ0) is 23.7. The van der Waals surface area contributed by atoms with Crippen LogP contribution < -0.4 is 10.9 Å². The van der Waals surface area contributed by atoms with Gasteiger partial charge in [0.25, 0.3) is 5.56 Å². The SMILES string of the molecule is CCn1c(SC(C(=O)Nc2ccc(C)cc2)c2ccccc2)nc2sc3c(c2c1=O)CCCC3. The van der Waals surface area contributed by atoms with E-state index in [1.54, 1.807) is 15.9 Å². The number of hydrogen-bond donors (Lipinski definition) is 1. The average Bonchev–Trinajstić information content (AvgIpc) is 3.23. The van der Waals surface area contributed by atoms with Crippen molar-refractivity contribution in [1.82, 2.24) is 9.55 Å². The zero-order valence-electron chi connectivity index (χ0n) is 19.3. The van der Waals surface area contributed by atoms with E-state index in [9.17, 15) is 9.59 Å². The number of benzene rings is 2. The summed E-state index contributed by atoms with van der Waals surface area (Å²) in [6, 6.07) is 17.5. The smallest absolute Gasteiger partial charge is 0.263 e. The van der Waals surface area contributed by atoms with Gasteiger partial charge in [0.15, 0.2) is 5.16 Å². The molecule has 0 saturated carbocycles. The van der Waals surface area contributed by atoms with E-state index in [-0.39, 0.29) is 11.5 Å². The van der Waals surface area contributed by atoms with Crippen molar-refractivity contribution < 1.29 is 4.79 Å². The van der Waals surface area contributed by atoms with Gasteiger partial charge in [0.2, 0.25) is 5.91 Å². The maximum Gasteiger partial charge on any atom is 0.263 e. The van der Waals surface area contributed by atoms with E-state index in [2.05, 4.69) is 5.32 Å². The molecule has 174 valence electrons. The van der Waals surface area contributed by atoms with Crippen molar-refractivity contribution in [2.75, 3.05) is 5.32 Å². The van der Waals surface area contributed by atoms with Crippen molar-refractivity contribution in [3.8, 4) is 0 Å². The van der Waals surface area contributed by atoms with E-state index in [1.165, 1.54) is 28.6 Å². The Morgan fingerprint density at radius 1 is 1.12 bits per heavy atom. The Kier molecular flexibility index (Phi) is 6.57. The Morgan fingerprint density at radius 2 is 1.85 bits per heavy atom. The lowest BCUT2D eigenvalue weighted by Gasteiger charge is -2.19. The molecule has 0 aliphatic heterocycles. The van der Waals surface area contributed by atoms with Crippen molar-refractivity contribution >= 4 is 44.9 Å². The lowest BCUT2D eigenvalue weighted by atomic mass is 9.97. The van der Waals surface area contributed by atoms with E-state index in [1.807, 2.05) is 68.4 Å². The Labute approximate surface area is 207 Å². The Hall–Kier alpha value is -2.90. The normalized spacial score (nSPS) is 14.1. The highest BCUT2D eigenvalue weighted by atomic mass is 32.2. The standard InChI is InChI=1S/C27H27N3O2S2/c1-3-30-26(32)22-20-11-7-8-12-21(20)33-25(22)29-27(30)34-23(18-9-5-4-6-10-18)24(31)28-19-15-13-17(2)14-16-19/h4-6,9-10,13-16,23H,3,7-8,11-12H2,1-2H3,(H,28,31). The van der Waals surface area contributed by atoms with Crippen molar-refractivity contribution in [3.05, 3.63) is 86.5 Å². The number of fused-ring (bicyclic) bond motifs is 3. The lowest BCUT2D eigenvalue weighted by molar-refractivity contribution is -0.115. The first-order valence-corrected chi connectivity index (χ1v) is 13.4. The van der Waals surface area contributed by atoms with Gasteiger partial charge in [0.05, 0.1) is 5.39 Å². The van der Waals surface area contributed by atoms with Crippen molar-refractivity contribution in [2.24, 2.45) is 0 Å². The predicted molar refractivity (Wildman–Crippen MR) is 141 cm³/mol. The van der Waals surface area contributed by atoms with Gasteiger partial charge < -0.3 is 5.32 Å². The zero-order valence-corrected chi connectivity index (χ0v) is 21.0. The average molecular weight is 490 g/mol. The molecule has 0 spiro atoms. The summed E-state index contributed by atoms with van der Waals surface area (Å²) >= 11 is 2.99. The second-order valence-corrected chi connectivity index (χ2v) is 10.8. The van der Waals surface area contributed by atoms with Crippen LogP contribution in [0.3, 0.4) is 0 Å². The molecular formula is C27H27N3O2S2. The first-order chi connectivity index (χ1) is 16.5. The van der Waals surface area contributed by atoms with Gasteiger partial charge in [-0.3, -0.25) is 14.2 Å². The molecule has 1 amide bonds. The summed E-state index contributed by atoms with van der Waals surface area (Å²) in [6.07, 6.45) is 4.26. The fourth-order valence-electron chi connectivity index (χ4n) is 4.44. The van der Waals surface area contributed by atoms with Gasteiger partial charge >= 0.3 is 0 Å². The second kappa shape index (κ2) is 9.76. The van der Waals surface area contributed by atoms with Crippen LogP contribution in [0.2, 0.25) is 0 Å². The van der Waals surface area contributed by atoms with E-state index < -0.39 is 5.25 Å². The monoisotopic (exact) mass is 489 g/mol. The van der Waals surface area contributed by atoms with E-state index in [0.29, 0.717) is 11.7 Å². The molecule has 2 heterocycles. The molecule has 5 rings (SSSR count). The quantitative estimate of drug-likeness (QED) is 0.261. The third kappa shape index (κ3) is 4.42. The molecule has 0 bridgehead atoms. The van der Waals surface area contributed by atoms with Gasteiger partial charge in [-0.05, 0) is 62.8 Å². The molecule has 34 heavy (non-hydrogen) atoms. The number of aromatic nitrogens is 2. The summed E-state index contributed by atoms with van der Waals surface area (Å²) in [5.41, 5.74) is 3.97. The number of anilines is 1. The summed E-state index contributed by atoms with van der Waals surface area (Å²) in [6.45, 7) is 4.49. The summed E-state index contributed by atoms with van der Waals surface area (Å²) in [7, 11) is 0. The number of hydrogen-bond acceptors (Lipinski definition) is 5. The maximum absolute atomic E-state index is 13.5. The number of rotatable bonds is 6. The highest BCUT2D eigenvalue weighted by Crippen LogP contribution is 2.38. The summed E-state index contributed by atoms with van der Waals surface area (Å²) in [5, 5.41) is 3.88. The molecule has 7 heteroatoms. The molecule has 0 saturated heterocycles. The van der Waals surface area contributed by atoms with Crippen LogP contribution >= 0.6 is 23.1 Å². The maximum atomic E-state index is 13.5. The third-order valence-corrected chi connectivity index (χ3v) is 8.67. The highest BCUT2D eigenvalue weighted by molar-refractivity contribution is 8.00. The van der Waals surface area contributed by atoms with Gasteiger partial charge in [-0.2, -0.15) is 0 Å². The second-order valence-electron chi connectivity index (χ2n) is 8.60. The minimum Gasteiger partial charge on any atom is -0.325 e. The van der Waals surface area contributed by atoms with Crippen LogP contribution in [0.25, 0.3) is 10.2 Å². The van der Waals surface area contributed by atoms with Gasteiger partial charge in [-0.15, -0.1) is 11.3 Å². The van der Waals surface area contributed by atoms with Gasteiger partial charge in [-0.25, -0.2) is 4.98 Å². The lowest BCUT2D eigenvalue weighted by Crippen LogP contribution is -2.25. The Bertz CT molecular complexity index is 1390. The molecule has 1 aliphatic rings. The number of nitrogens with zero attached hydrogens (tertiary/aromatic N) is 2. The van der Waals surface area contributed by atoms with Crippen LogP contribution in [0.5, 0.6) is 0 Å². The number of thiophene rings is 1. The topological polar surface area (TPSA) is 64.0 Å². The number of nitrogens with one attached hydrogen (secondary N) is 1. The first-order valence-electron chi connectivity index (χ1n) is 11.7. The predicted octanol–water partition coefficient (Wildman–Crippen LogP) is 6.14. The van der Waals surface area contributed by atoms with Crippen molar-refractivity contribution in [1.29, 1.82) is 0 Å². The van der Waals surface area contributed by atoms with Gasteiger partial charge in [0, 0.05) is 17.1 Å². The molecule has 0 radical (unpaired) electrons. The van der Waals surface area contributed by atoms with E-state index in [4.69, 9.17) is 4.98 Å². The van der Waals surface area contributed by atoms with Crippen LogP contribution in [0.1, 0.15) is 46.6 Å². The van der Waals surface area contributed by atoms with Crippen LogP contribution in [-0.4, -0.2) is 15.5 Å². The highest BCUT2D eigenvalue weighted by Gasteiger charge is 2.27. The number of carbonyl (C=O) groups excluding carboxylic acids is 1. The molecule has 2 aromatic carbocycles. The van der Waals surface area contributed by atoms with Crippen LogP contribution in [-0.2, 0) is 24.2 Å². The van der Waals surface area contributed by atoms with Crippen LogP contribution in [0.15, 0.2) is 64.5 Å². The molecule has 4 aromatic rings. The largest absolute Gasteiger partial charge is 0.325 e.